The van der Waals surface area contributed by atoms with Crippen LogP contribution in [0, 0.1) is 18.8 Å². The molecule has 0 N–H and O–H groups in total. The van der Waals surface area contributed by atoms with Gasteiger partial charge in [-0.05, 0) is 60.9 Å². The quantitative estimate of drug-likeness (QED) is 0.345. The monoisotopic (exact) mass is 333 g/mol. The number of carbonyl (C=O) groups is 1. The molecule has 0 radical (unpaired) electrons. The first-order valence-corrected chi connectivity index (χ1v) is 8.39. The van der Waals surface area contributed by atoms with Crippen LogP contribution in [0.3, 0.4) is 0 Å². The summed E-state index contributed by atoms with van der Waals surface area (Å²) < 4.78 is 5.50. The number of hydrogen-bond donors (Lipinski definition) is 0. The van der Waals surface area contributed by atoms with Crippen LogP contribution in [0.5, 0.6) is 5.75 Å². The van der Waals surface area contributed by atoms with E-state index in [1.807, 2.05) is 31.2 Å². The Bertz CT molecular complexity index is 547. The average Bonchev–Trinajstić information content (AvgIpc) is 2.36. The van der Waals surface area contributed by atoms with Crippen molar-refractivity contribution in [3.05, 3.63) is 40.3 Å². The molecular weight excluding hydrogens is 302 g/mol. The van der Waals surface area contributed by atoms with Gasteiger partial charge < -0.3 is 4.74 Å². The zero-order chi connectivity index (χ0) is 18.8. The van der Waals surface area contributed by atoms with Crippen molar-refractivity contribution in [2.75, 3.05) is 0 Å². The topological polar surface area (TPSA) is 75.1 Å². The van der Waals surface area contributed by atoms with Gasteiger partial charge >= 0.3 is 0 Å². The fraction of sp³-hybridized carbons (Fsp3) is 0.632. The standard InChI is InChI=1S/C10H13N3O.C9H18O/c1-8-5-4-6-9(7-8)14-10(2,3)12-13-11;1-7(2)5-9(10)6-8(3)4/h4-7H,1-3H3;7-8H,5-6H2,1-4H3. The van der Waals surface area contributed by atoms with Crippen molar-refractivity contribution in [2.45, 2.75) is 67.0 Å². The molecule has 24 heavy (non-hydrogen) atoms. The van der Waals surface area contributed by atoms with Crippen LogP contribution >= 0.6 is 0 Å². The predicted molar refractivity (Wildman–Crippen MR) is 98.9 cm³/mol. The van der Waals surface area contributed by atoms with E-state index in [1.165, 1.54) is 0 Å². The highest BCUT2D eigenvalue weighted by molar-refractivity contribution is 5.78. The van der Waals surface area contributed by atoms with E-state index in [1.54, 1.807) is 13.8 Å². The van der Waals surface area contributed by atoms with Crippen molar-refractivity contribution in [1.82, 2.24) is 0 Å². The molecule has 1 rings (SSSR count). The van der Waals surface area contributed by atoms with E-state index in [4.69, 9.17) is 10.3 Å². The van der Waals surface area contributed by atoms with Crippen molar-refractivity contribution >= 4 is 5.78 Å². The van der Waals surface area contributed by atoms with Gasteiger partial charge in [-0.3, -0.25) is 4.79 Å². The molecule has 5 heteroatoms. The number of azide groups is 1. The Morgan fingerprint density at radius 2 is 1.75 bits per heavy atom. The summed E-state index contributed by atoms with van der Waals surface area (Å²) in [5.74, 6) is 2.16. The molecule has 1 aromatic carbocycles. The van der Waals surface area contributed by atoms with Crippen LogP contribution < -0.4 is 4.74 Å². The van der Waals surface area contributed by atoms with Gasteiger partial charge in [0.2, 0.25) is 0 Å². The molecule has 0 aliphatic heterocycles. The lowest BCUT2D eigenvalue weighted by Gasteiger charge is -2.20. The molecule has 0 saturated carbocycles. The maximum atomic E-state index is 11.1. The third-order valence-corrected chi connectivity index (χ3v) is 2.91. The number of rotatable bonds is 7. The molecule has 0 saturated heterocycles. The summed E-state index contributed by atoms with van der Waals surface area (Å²) in [6.45, 7) is 13.7. The molecule has 0 atom stereocenters. The highest BCUT2D eigenvalue weighted by Crippen LogP contribution is 2.20. The van der Waals surface area contributed by atoms with E-state index in [0.717, 1.165) is 18.4 Å². The van der Waals surface area contributed by atoms with Crippen LogP contribution in [-0.2, 0) is 4.79 Å². The van der Waals surface area contributed by atoms with Gasteiger partial charge in [-0.25, -0.2) is 0 Å². The summed E-state index contributed by atoms with van der Waals surface area (Å²) in [6.07, 6.45) is 1.50. The van der Waals surface area contributed by atoms with Crippen LogP contribution in [0.2, 0.25) is 0 Å². The normalized spacial score (nSPS) is 10.7. The number of carbonyl (C=O) groups excluding carboxylic acids is 1. The van der Waals surface area contributed by atoms with E-state index < -0.39 is 5.72 Å². The average molecular weight is 333 g/mol. The summed E-state index contributed by atoms with van der Waals surface area (Å²) in [6, 6.07) is 7.61. The van der Waals surface area contributed by atoms with Crippen molar-refractivity contribution in [1.29, 1.82) is 0 Å². The molecule has 0 spiro atoms. The minimum Gasteiger partial charge on any atom is -0.482 e. The molecular formula is C19H31N3O2. The third kappa shape index (κ3) is 11.6. The molecule has 1 aromatic rings. The Labute approximate surface area is 146 Å². The van der Waals surface area contributed by atoms with Gasteiger partial charge in [-0.2, -0.15) is 0 Å². The molecule has 0 heterocycles. The van der Waals surface area contributed by atoms with Gasteiger partial charge in [0.1, 0.15) is 11.5 Å². The molecule has 0 aromatic heterocycles. The van der Waals surface area contributed by atoms with Gasteiger partial charge in [0.05, 0.1) is 0 Å². The lowest BCUT2D eigenvalue weighted by Crippen LogP contribution is -2.24. The minimum atomic E-state index is -0.845. The number of ketones is 1. The van der Waals surface area contributed by atoms with Gasteiger partial charge in [-0.15, -0.1) is 0 Å². The summed E-state index contributed by atoms with van der Waals surface area (Å²) in [5, 5.41) is 3.54. The molecule has 5 nitrogen and oxygen atoms in total. The maximum Gasteiger partial charge on any atom is 0.182 e. The van der Waals surface area contributed by atoms with Crippen molar-refractivity contribution in [3.8, 4) is 5.75 Å². The summed E-state index contributed by atoms with van der Waals surface area (Å²) >= 11 is 0. The zero-order valence-electron chi connectivity index (χ0n) is 16.0. The SMILES string of the molecule is CC(C)CC(=O)CC(C)C.Cc1cccc(OC(C)(C)N=[N+]=[N-])c1. The summed E-state index contributed by atoms with van der Waals surface area (Å²) in [5.41, 5.74) is 8.58. The Morgan fingerprint density at radius 3 is 2.17 bits per heavy atom. The fourth-order valence-electron chi connectivity index (χ4n) is 2.09. The second-order valence-electron chi connectivity index (χ2n) is 7.29. The van der Waals surface area contributed by atoms with Gasteiger partial charge in [0, 0.05) is 17.8 Å². The van der Waals surface area contributed by atoms with Crippen molar-refractivity contribution in [3.63, 3.8) is 0 Å². The first-order chi connectivity index (χ1) is 11.1. The Morgan fingerprint density at radius 1 is 1.21 bits per heavy atom. The molecule has 0 aliphatic carbocycles. The minimum absolute atomic E-state index is 0.407. The van der Waals surface area contributed by atoms with Gasteiger partial charge in [-0.1, -0.05) is 39.8 Å². The van der Waals surface area contributed by atoms with Crippen LogP contribution in [0.15, 0.2) is 29.4 Å². The summed E-state index contributed by atoms with van der Waals surface area (Å²) in [4.78, 5) is 13.8. The van der Waals surface area contributed by atoms with E-state index in [0.29, 0.717) is 23.4 Å². The first kappa shape index (κ1) is 22.0. The Hall–Kier alpha value is -2.00. The van der Waals surface area contributed by atoms with Crippen LogP contribution in [0.25, 0.3) is 10.4 Å². The number of nitrogens with zero attached hydrogens (tertiary/aromatic N) is 3. The molecule has 0 fully saturated rings. The Balaban J connectivity index is 0.000000470. The lowest BCUT2D eigenvalue weighted by atomic mass is 10.00. The molecule has 0 unspecified atom stereocenters. The highest BCUT2D eigenvalue weighted by atomic mass is 16.5. The van der Waals surface area contributed by atoms with Gasteiger partial charge in [0.25, 0.3) is 0 Å². The highest BCUT2D eigenvalue weighted by Gasteiger charge is 2.16. The molecule has 0 amide bonds. The van der Waals surface area contributed by atoms with E-state index in [-0.39, 0.29) is 0 Å². The zero-order valence-corrected chi connectivity index (χ0v) is 16.0. The largest absolute Gasteiger partial charge is 0.482 e. The van der Waals surface area contributed by atoms with Crippen molar-refractivity contribution < 1.29 is 9.53 Å². The number of ether oxygens (including phenoxy) is 1. The molecule has 0 aliphatic rings. The maximum absolute atomic E-state index is 11.1. The number of hydrogen-bond acceptors (Lipinski definition) is 3. The number of benzene rings is 1. The molecule has 134 valence electrons. The smallest absolute Gasteiger partial charge is 0.182 e. The number of Topliss-reactive ketones (excluding diaryl/α,β-unsaturated/α-hetero) is 1. The summed E-state index contributed by atoms with van der Waals surface area (Å²) in [7, 11) is 0. The molecule has 0 bridgehead atoms. The predicted octanol–water partition coefficient (Wildman–Crippen LogP) is 6.07. The lowest BCUT2D eigenvalue weighted by molar-refractivity contribution is -0.120. The second-order valence-corrected chi connectivity index (χ2v) is 7.29. The fourth-order valence-corrected chi connectivity index (χ4v) is 2.09. The van der Waals surface area contributed by atoms with Crippen LogP contribution in [0.4, 0.5) is 0 Å². The van der Waals surface area contributed by atoms with E-state index in [9.17, 15) is 4.79 Å². The number of aryl methyl sites for hydroxylation is 1. The van der Waals surface area contributed by atoms with Crippen molar-refractivity contribution in [2.24, 2.45) is 17.0 Å². The second kappa shape index (κ2) is 10.7. The van der Waals surface area contributed by atoms with E-state index in [2.05, 4.69) is 37.7 Å². The first-order valence-electron chi connectivity index (χ1n) is 8.39. The van der Waals surface area contributed by atoms with E-state index >= 15 is 0 Å². The third-order valence-electron chi connectivity index (χ3n) is 2.91. The van der Waals surface area contributed by atoms with Crippen LogP contribution in [0.1, 0.15) is 59.9 Å². The Kier molecular flexibility index (Phi) is 9.82. The van der Waals surface area contributed by atoms with Crippen LogP contribution in [-0.4, -0.2) is 11.5 Å². The van der Waals surface area contributed by atoms with Gasteiger partial charge in [0.15, 0.2) is 5.72 Å².